The van der Waals surface area contributed by atoms with Crippen molar-refractivity contribution in [2.75, 3.05) is 0 Å². The largest absolute Gasteiger partial charge is 0.207 e. The van der Waals surface area contributed by atoms with Crippen LogP contribution >= 0.6 is 0 Å². The van der Waals surface area contributed by atoms with E-state index in [2.05, 4.69) is 85.8 Å². The molecule has 0 saturated carbocycles. The number of hydrogen-bond donors (Lipinski definition) is 0. The summed E-state index contributed by atoms with van der Waals surface area (Å²) in [5.41, 5.74) is 7.64. The Morgan fingerprint density at radius 3 is 1.60 bits per heavy atom. The van der Waals surface area contributed by atoms with Gasteiger partial charge < -0.3 is 0 Å². The quantitative estimate of drug-likeness (QED) is 0.302. The summed E-state index contributed by atoms with van der Waals surface area (Å²) >= 11 is 0. The molecule has 0 aliphatic heterocycles. The number of halogens is 1. The smallest absolute Gasteiger partial charge is 0.123 e. The van der Waals surface area contributed by atoms with Gasteiger partial charge in [-0.3, -0.25) is 0 Å². The van der Waals surface area contributed by atoms with Crippen molar-refractivity contribution >= 4 is 0 Å². The summed E-state index contributed by atoms with van der Waals surface area (Å²) in [6.07, 6.45) is 3.11. The van der Waals surface area contributed by atoms with Crippen molar-refractivity contribution in [3.05, 3.63) is 131 Å². The predicted octanol–water partition coefficient (Wildman–Crippen LogP) is 7.62. The Kier molecular flexibility index (Phi) is 6.39. The molecule has 0 nitrogen and oxygen atoms in total. The molecule has 4 rings (SSSR count). The fourth-order valence-corrected chi connectivity index (χ4v) is 3.89. The Balaban J connectivity index is 1.32. The lowest BCUT2D eigenvalue weighted by molar-refractivity contribution is 0.628. The molecule has 0 fully saturated rings. The summed E-state index contributed by atoms with van der Waals surface area (Å²) in [4.78, 5) is 0. The Bertz CT molecular complexity index is 1050. The van der Waals surface area contributed by atoms with E-state index < -0.39 is 0 Å². The average molecular weight is 395 g/mol. The zero-order valence-corrected chi connectivity index (χ0v) is 17.4. The lowest BCUT2D eigenvalue weighted by Gasteiger charge is -2.12. The van der Waals surface area contributed by atoms with E-state index in [1.165, 1.54) is 34.4 Å². The van der Waals surface area contributed by atoms with Crippen molar-refractivity contribution in [2.45, 2.75) is 32.1 Å². The normalized spacial score (nSPS) is 11.9. The highest BCUT2D eigenvalue weighted by Crippen LogP contribution is 2.22. The van der Waals surface area contributed by atoms with Gasteiger partial charge in [0.25, 0.3) is 0 Å². The fraction of sp³-hybridized carbons (Fsp3) is 0.172. The van der Waals surface area contributed by atoms with Gasteiger partial charge in [-0.05, 0) is 70.7 Å². The minimum atomic E-state index is -0.198. The zero-order chi connectivity index (χ0) is 20.8. The third-order valence-corrected chi connectivity index (χ3v) is 5.77. The van der Waals surface area contributed by atoms with E-state index in [1.54, 1.807) is 0 Å². The number of aryl methyl sites for hydroxylation is 2. The Hall–Kier alpha value is -3.19. The lowest BCUT2D eigenvalue weighted by atomic mass is 9.93. The maximum atomic E-state index is 13.1. The van der Waals surface area contributed by atoms with Crippen LogP contribution in [0.5, 0.6) is 0 Å². The van der Waals surface area contributed by atoms with Gasteiger partial charge in [-0.25, -0.2) is 4.39 Å². The van der Waals surface area contributed by atoms with Gasteiger partial charge in [0.2, 0.25) is 0 Å². The first kappa shape index (κ1) is 20.1. The van der Waals surface area contributed by atoms with Crippen LogP contribution in [0.3, 0.4) is 0 Å². The Morgan fingerprint density at radius 1 is 0.567 bits per heavy atom. The SMILES string of the molecule is C[C@@H](Cc1ccc(CCc2ccc(-c3ccc(F)cc3)cc2)cc1)c1ccccc1. The van der Waals surface area contributed by atoms with Crippen LogP contribution in [0.2, 0.25) is 0 Å². The van der Waals surface area contributed by atoms with Gasteiger partial charge >= 0.3 is 0 Å². The van der Waals surface area contributed by atoms with Crippen LogP contribution in [0.25, 0.3) is 11.1 Å². The van der Waals surface area contributed by atoms with Gasteiger partial charge in [0, 0.05) is 0 Å². The summed E-state index contributed by atoms with van der Waals surface area (Å²) in [7, 11) is 0. The molecule has 0 spiro atoms. The van der Waals surface area contributed by atoms with E-state index in [4.69, 9.17) is 0 Å². The molecule has 150 valence electrons. The maximum absolute atomic E-state index is 13.1. The molecule has 4 aromatic carbocycles. The molecule has 0 saturated heterocycles. The van der Waals surface area contributed by atoms with Gasteiger partial charge in [-0.1, -0.05) is 97.9 Å². The topological polar surface area (TPSA) is 0 Å². The molecule has 30 heavy (non-hydrogen) atoms. The lowest BCUT2D eigenvalue weighted by Crippen LogP contribution is -1.99. The second kappa shape index (κ2) is 9.54. The third-order valence-electron chi connectivity index (χ3n) is 5.77. The van der Waals surface area contributed by atoms with Crippen molar-refractivity contribution in [3.8, 4) is 11.1 Å². The van der Waals surface area contributed by atoms with E-state index in [1.807, 2.05) is 12.1 Å². The first-order chi connectivity index (χ1) is 14.7. The third kappa shape index (κ3) is 5.24. The summed E-state index contributed by atoms with van der Waals surface area (Å²) in [5.74, 6) is 0.326. The van der Waals surface area contributed by atoms with E-state index >= 15 is 0 Å². The Labute approximate surface area is 179 Å². The number of benzene rings is 4. The molecule has 0 unspecified atom stereocenters. The van der Waals surface area contributed by atoms with Crippen LogP contribution in [0.4, 0.5) is 4.39 Å². The average Bonchev–Trinajstić information content (AvgIpc) is 2.80. The molecule has 0 bridgehead atoms. The molecular formula is C29H27F. The van der Waals surface area contributed by atoms with Crippen LogP contribution in [0.15, 0.2) is 103 Å². The summed E-state index contributed by atoms with van der Waals surface area (Å²) in [5, 5.41) is 0. The van der Waals surface area contributed by atoms with Crippen molar-refractivity contribution in [3.63, 3.8) is 0 Å². The van der Waals surface area contributed by atoms with Crippen molar-refractivity contribution in [1.82, 2.24) is 0 Å². The van der Waals surface area contributed by atoms with Crippen LogP contribution in [-0.4, -0.2) is 0 Å². The first-order valence-corrected chi connectivity index (χ1v) is 10.6. The van der Waals surface area contributed by atoms with Crippen LogP contribution in [0, 0.1) is 5.82 Å². The van der Waals surface area contributed by atoms with Gasteiger partial charge in [0.05, 0.1) is 0 Å². The van der Waals surface area contributed by atoms with Crippen molar-refractivity contribution in [2.24, 2.45) is 0 Å². The van der Waals surface area contributed by atoms with Crippen LogP contribution < -0.4 is 0 Å². The van der Waals surface area contributed by atoms with E-state index in [0.717, 1.165) is 30.4 Å². The summed E-state index contributed by atoms with van der Waals surface area (Å²) in [6, 6.07) is 35.0. The first-order valence-electron chi connectivity index (χ1n) is 10.6. The molecule has 1 atom stereocenters. The van der Waals surface area contributed by atoms with Crippen molar-refractivity contribution < 1.29 is 4.39 Å². The molecule has 0 aliphatic carbocycles. The molecule has 0 N–H and O–H groups in total. The molecule has 0 aliphatic rings. The highest BCUT2D eigenvalue weighted by Gasteiger charge is 2.06. The van der Waals surface area contributed by atoms with E-state index in [0.29, 0.717) is 5.92 Å². The van der Waals surface area contributed by atoms with Gasteiger partial charge in [0.1, 0.15) is 5.82 Å². The predicted molar refractivity (Wildman–Crippen MR) is 124 cm³/mol. The van der Waals surface area contributed by atoms with Gasteiger partial charge in [0.15, 0.2) is 0 Å². The highest BCUT2D eigenvalue weighted by molar-refractivity contribution is 5.63. The molecule has 1 heteroatoms. The minimum Gasteiger partial charge on any atom is -0.207 e. The maximum Gasteiger partial charge on any atom is 0.123 e. The molecule has 4 aromatic rings. The van der Waals surface area contributed by atoms with Crippen molar-refractivity contribution in [1.29, 1.82) is 0 Å². The monoisotopic (exact) mass is 394 g/mol. The minimum absolute atomic E-state index is 0.198. The molecule has 0 radical (unpaired) electrons. The standard InChI is InChI=1S/C29H27F/c1-22(26-5-3-2-4-6-26)21-25-11-9-23(10-12-25)7-8-24-13-15-27(16-14-24)28-17-19-29(30)20-18-28/h2-6,9-20,22H,7-8,21H2,1H3/t22-/m0/s1. The summed E-state index contributed by atoms with van der Waals surface area (Å²) in [6.45, 7) is 2.29. The van der Waals surface area contributed by atoms with Gasteiger partial charge in [-0.15, -0.1) is 0 Å². The van der Waals surface area contributed by atoms with E-state index in [-0.39, 0.29) is 5.82 Å². The molecular weight excluding hydrogens is 367 g/mol. The molecule has 0 aromatic heterocycles. The number of rotatable bonds is 7. The number of hydrogen-bond acceptors (Lipinski definition) is 0. The van der Waals surface area contributed by atoms with E-state index in [9.17, 15) is 4.39 Å². The fourth-order valence-electron chi connectivity index (χ4n) is 3.89. The van der Waals surface area contributed by atoms with Crippen LogP contribution in [-0.2, 0) is 19.3 Å². The Morgan fingerprint density at radius 2 is 1.03 bits per heavy atom. The zero-order valence-electron chi connectivity index (χ0n) is 17.4. The second-order valence-electron chi connectivity index (χ2n) is 8.04. The highest BCUT2D eigenvalue weighted by atomic mass is 19.1. The molecule has 0 amide bonds. The van der Waals surface area contributed by atoms with Gasteiger partial charge in [-0.2, -0.15) is 0 Å². The summed E-state index contributed by atoms with van der Waals surface area (Å²) < 4.78 is 13.1. The molecule has 0 heterocycles. The van der Waals surface area contributed by atoms with Crippen LogP contribution in [0.1, 0.15) is 35.1 Å². The second-order valence-corrected chi connectivity index (χ2v) is 8.04.